The number of carbonyl (C=O) groups excluding carboxylic acids is 2. The van der Waals surface area contributed by atoms with Crippen LogP contribution in [0.15, 0.2) is 35.8 Å². The highest BCUT2D eigenvalue weighted by Gasteiger charge is 2.24. The maximum absolute atomic E-state index is 13.2. The number of anilines is 2. The predicted molar refractivity (Wildman–Crippen MR) is 144 cm³/mol. The Morgan fingerprint density at radius 3 is 2.64 bits per heavy atom. The molecule has 0 atom stereocenters. The Balaban J connectivity index is 1.58. The average molecular weight is 567 g/mol. The van der Waals surface area contributed by atoms with E-state index in [-0.39, 0.29) is 32.7 Å². The van der Waals surface area contributed by atoms with Crippen LogP contribution in [0.5, 0.6) is 5.75 Å². The van der Waals surface area contributed by atoms with Crippen molar-refractivity contribution in [3.8, 4) is 5.75 Å². The first-order valence-corrected chi connectivity index (χ1v) is 13.0. The number of aromatic nitrogens is 1. The average Bonchev–Trinajstić information content (AvgIpc) is 3.22. The number of likely N-dealkylation sites (tertiary alicyclic amines) is 1. The van der Waals surface area contributed by atoms with Gasteiger partial charge in [0.05, 0.1) is 34.2 Å². The number of ether oxygens (including phenoxy) is 1. The van der Waals surface area contributed by atoms with Gasteiger partial charge < -0.3 is 20.3 Å². The first-order chi connectivity index (χ1) is 17.3. The van der Waals surface area contributed by atoms with Gasteiger partial charge in [-0.2, -0.15) is 0 Å². The number of nitrogens with zero attached hydrogens (tertiary/aromatic N) is 2. The Morgan fingerprint density at radius 2 is 1.94 bits per heavy atom. The van der Waals surface area contributed by atoms with Crippen LogP contribution in [-0.2, 0) is 6.54 Å². The number of piperidine rings is 1. The van der Waals surface area contributed by atoms with Crippen LogP contribution >= 0.6 is 46.1 Å². The van der Waals surface area contributed by atoms with Crippen molar-refractivity contribution in [1.29, 1.82) is 5.41 Å². The van der Waals surface area contributed by atoms with Crippen molar-refractivity contribution in [3.05, 3.63) is 66.9 Å². The van der Waals surface area contributed by atoms with Gasteiger partial charge in [0.15, 0.2) is 0 Å². The molecule has 1 aliphatic heterocycles. The van der Waals surface area contributed by atoms with Crippen LogP contribution in [-0.4, -0.2) is 41.2 Å². The lowest BCUT2D eigenvalue weighted by Gasteiger charge is -2.29. The van der Waals surface area contributed by atoms with Gasteiger partial charge in [-0.3, -0.25) is 15.0 Å². The molecule has 4 rings (SSSR count). The minimum absolute atomic E-state index is 0.0825. The molecule has 1 aliphatic rings. The summed E-state index contributed by atoms with van der Waals surface area (Å²) >= 11 is 19.8. The van der Waals surface area contributed by atoms with Crippen LogP contribution in [0.25, 0.3) is 0 Å². The van der Waals surface area contributed by atoms with Crippen LogP contribution in [0.2, 0.25) is 15.1 Å². The van der Waals surface area contributed by atoms with Gasteiger partial charge in [0.25, 0.3) is 11.8 Å². The summed E-state index contributed by atoms with van der Waals surface area (Å²) < 4.78 is 5.40. The highest BCUT2D eigenvalue weighted by atomic mass is 35.5. The molecule has 0 aliphatic carbocycles. The Morgan fingerprint density at radius 1 is 1.14 bits per heavy atom. The van der Waals surface area contributed by atoms with Crippen LogP contribution in [0.3, 0.4) is 0 Å². The van der Waals surface area contributed by atoms with E-state index in [4.69, 9.17) is 44.9 Å². The van der Waals surface area contributed by atoms with Crippen LogP contribution < -0.4 is 15.4 Å². The Hall–Kier alpha value is -2.85. The first kappa shape index (κ1) is 26.2. The normalized spacial score (nSPS) is 13.4. The number of benzene rings is 1. The molecule has 3 N–H and O–H groups in total. The van der Waals surface area contributed by atoms with Gasteiger partial charge in [-0.25, -0.2) is 4.98 Å². The maximum atomic E-state index is 13.2. The van der Waals surface area contributed by atoms with Crippen molar-refractivity contribution >= 4 is 75.3 Å². The number of hydrogen-bond acceptors (Lipinski definition) is 6. The van der Waals surface area contributed by atoms with E-state index < -0.39 is 11.8 Å². The van der Waals surface area contributed by atoms with Gasteiger partial charge in [-0.1, -0.05) is 34.8 Å². The summed E-state index contributed by atoms with van der Waals surface area (Å²) in [5.74, 6) is 0.00702. The molecular formula is C24H22Cl3N5O3S. The first-order valence-electron chi connectivity index (χ1n) is 11.0. The molecule has 1 aromatic carbocycles. The quantitative estimate of drug-likeness (QED) is 0.299. The molecular weight excluding hydrogens is 545 g/mol. The zero-order valence-electron chi connectivity index (χ0n) is 19.2. The van der Waals surface area contributed by atoms with Gasteiger partial charge >= 0.3 is 0 Å². The van der Waals surface area contributed by atoms with Crippen molar-refractivity contribution in [1.82, 2.24) is 9.88 Å². The van der Waals surface area contributed by atoms with Crippen molar-refractivity contribution in [3.63, 3.8) is 0 Å². The minimum Gasteiger partial charge on any atom is -0.494 e. The van der Waals surface area contributed by atoms with Crippen LogP contribution in [0.4, 0.5) is 11.5 Å². The smallest absolute Gasteiger partial charge is 0.267 e. The number of thiophene rings is 1. The van der Waals surface area contributed by atoms with Gasteiger partial charge in [0.1, 0.15) is 16.4 Å². The number of amidine groups is 1. The van der Waals surface area contributed by atoms with E-state index in [1.807, 2.05) is 10.3 Å². The molecule has 8 nitrogen and oxygen atoms in total. The summed E-state index contributed by atoms with van der Waals surface area (Å²) in [6, 6.07) is 6.06. The number of hydrogen-bond donors (Lipinski definition) is 3. The van der Waals surface area contributed by atoms with E-state index in [1.165, 1.54) is 36.8 Å². The fraction of sp³-hybridized carbons (Fsp3) is 0.250. The Labute approximate surface area is 227 Å². The summed E-state index contributed by atoms with van der Waals surface area (Å²) in [5, 5.41) is 16.4. The highest BCUT2D eigenvalue weighted by molar-refractivity contribution is 7.13. The molecule has 188 valence electrons. The molecule has 1 fully saturated rings. The molecule has 0 bridgehead atoms. The summed E-state index contributed by atoms with van der Waals surface area (Å²) in [4.78, 5) is 32.6. The van der Waals surface area contributed by atoms with E-state index in [9.17, 15) is 9.59 Å². The van der Waals surface area contributed by atoms with E-state index >= 15 is 0 Å². The SMILES string of the molecule is COc1cc(Cl)cc(C(=O)Nc2ccc(Cl)cn2)c1NC(=O)c1scc(CN2CCCCC2=N)c1Cl. The second kappa shape index (κ2) is 11.5. The summed E-state index contributed by atoms with van der Waals surface area (Å²) in [5.41, 5.74) is 0.995. The predicted octanol–water partition coefficient (Wildman–Crippen LogP) is 6.58. The molecule has 0 spiro atoms. The van der Waals surface area contributed by atoms with Gasteiger partial charge in [-0.15, -0.1) is 11.3 Å². The van der Waals surface area contributed by atoms with Gasteiger partial charge in [-0.05, 0) is 36.4 Å². The maximum Gasteiger partial charge on any atom is 0.267 e. The third-order valence-corrected chi connectivity index (χ3v) is 7.59. The van der Waals surface area contributed by atoms with Crippen molar-refractivity contribution in [2.45, 2.75) is 25.8 Å². The lowest BCUT2D eigenvalue weighted by atomic mass is 10.1. The van der Waals surface area contributed by atoms with E-state index in [0.29, 0.717) is 22.4 Å². The number of methoxy groups -OCH3 is 1. The van der Waals surface area contributed by atoms with Gasteiger partial charge in [0.2, 0.25) is 0 Å². The van der Waals surface area contributed by atoms with Crippen LogP contribution in [0.1, 0.15) is 44.9 Å². The highest BCUT2D eigenvalue weighted by Crippen LogP contribution is 2.36. The molecule has 12 heteroatoms. The molecule has 2 amide bonds. The molecule has 0 radical (unpaired) electrons. The lowest BCUT2D eigenvalue weighted by molar-refractivity contribution is 0.102. The summed E-state index contributed by atoms with van der Waals surface area (Å²) in [6.45, 7) is 1.25. The van der Waals surface area contributed by atoms with Crippen molar-refractivity contribution in [2.24, 2.45) is 0 Å². The standard InChI is InChI=1S/C24H22Cl3N5O3S/c1-35-17-9-15(26)8-16(23(33)30-19-6-5-14(25)10-29-19)21(17)31-24(34)22-20(27)13(12-36-22)11-32-7-3-2-4-18(32)28/h5-6,8-10,12,28H,2-4,7,11H2,1H3,(H,31,34)(H,29,30,33). The molecule has 1 saturated heterocycles. The summed E-state index contributed by atoms with van der Waals surface area (Å²) in [7, 11) is 1.41. The summed E-state index contributed by atoms with van der Waals surface area (Å²) in [6.07, 6.45) is 4.17. The fourth-order valence-electron chi connectivity index (χ4n) is 3.76. The number of nitrogens with one attached hydrogen (secondary N) is 3. The molecule has 36 heavy (non-hydrogen) atoms. The zero-order valence-corrected chi connectivity index (χ0v) is 22.2. The lowest BCUT2D eigenvalue weighted by Crippen LogP contribution is -2.34. The van der Waals surface area contributed by atoms with E-state index in [2.05, 4.69) is 15.6 Å². The fourth-order valence-corrected chi connectivity index (χ4v) is 5.33. The number of halogens is 3. The Kier molecular flexibility index (Phi) is 8.35. The number of pyridine rings is 1. The molecule has 2 aromatic heterocycles. The monoisotopic (exact) mass is 565 g/mol. The molecule has 3 heterocycles. The molecule has 0 saturated carbocycles. The number of rotatable bonds is 7. The third-order valence-electron chi connectivity index (χ3n) is 5.58. The van der Waals surface area contributed by atoms with Gasteiger partial charge in [0, 0.05) is 42.4 Å². The second-order valence-corrected chi connectivity index (χ2v) is 10.2. The van der Waals surface area contributed by atoms with Crippen molar-refractivity contribution in [2.75, 3.05) is 24.3 Å². The molecule has 0 unspecified atom stereocenters. The zero-order chi connectivity index (χ0) is 25.8. The second-order valence-electron chi connectivity index (χ2n) is 8.03. The Bertz CT molecular complexity index is 1310. The largest absolute Gasteiger partial charge is 0.494 e. The van der Waals surface area contributed by atoms with E-state index in [1.54, 1.807) is 12.1 Å². The third kappa shape index (κ3) is 5.92. The van der Waals surface area contributed by atoms with Crippen LogP contribution in [0, 0.1) is 5.41 Å². The number of amides is 2. The molecule has 3 aromatic rings. The number of carbonyl (C=O) groups is 2. The minimum atomic E-state index is -0.553. The van der Waals surface area contributed by atoms with Crippen molar-refractivity contribution < 1.29 is 14.3 Å². The van der Waals surface area contributed by atoms with E-state index in [0.717, 1.165) is 31.4 Å². The topological polar surface area (TPSA) is 107 Å².